The third kappa shape index (κ3) is 11.8. The molecule has 13 heavy (non-hydrogen) atoms. The summed E-state index contributed by atoms with van der Waals surface area (Å²) in [5.74, 6) is 0. The molecule has 1 radical (unpaired) electrons. The molecule has 0 fully saturated rings. The average molecular weight is 191 g/mol. The van der Waals surface area contributed by atoms with Crippen LogP contribution in [0.2, 0.25) is 0 Å². The van der Waals surface area contributed by atoms with E-state index in [0.29, 0.717) is 39.5 Å². The summed E-state index contributed by atoms with van der Waals surface area (Å²) in [6.07, 6.45) is 1.55. The Morgan fingerprint density at radius 1 is 0.846 bits per heavy atom. The zero-order valence-electron chi connectivity index (χ0n) is 8.29. The third-order valence-corrected chi connectivity index (χ3v) is 1.49. The van der Waals surface area contributed by atoms with Crippen molar-refractivity contribution in [2.24, 2.45) is 0 Å². The first kappa shape index (κ1) is 12.8. The fourth-order valence-corrected chi connectivity index (χ4v) is 0.770. The standard InChI is InChI=1S/C9H19O4/c1-11-6-7-13-9-8-12-5-3-2-4-10/h2-9H2,1H3. The minimum atomic E-state index is -0.00625. The van der Waals surface area contributed by atoms with Crippen molar-refractivity contribution in [3.8, 4) is 0 Å². The van der Waals surface area contributed by atoms with Gasteiger partial charge in [-0.15, -0.1) is 0 Å². The summed E-state index contributed by atoms with van der Waals surface area (Å²) in [4.78, 5) is 0. The molecule has 0 atom stereocenters. The summed E-state index contributed by atoms with van der Waals surface area (Å²) < 4.78 is 15.2. The third-order valence-electron chi connectivity index (χ3n) is 1.49. The lowest BCUT2D eigenvalue weighted by Crippen LogP contribution is -2.08. The molecule has 0 N–H and O–H groups in total. The highest BCUT2D eigenvalue weighted by molar-refractivity contribution is 4.36. The summed E-state index contributed by atoms with van der Waals surface area (Å²) in [5.41, 5.74) is 0. The Kier molecular flexibility index (Phi) is 11.7. The van der Waals surface area contributed by atoms with E-state index in [1.807, 2.05) is 0 Å². The Morgan fingerprint density at radius 2 is 1.46 bits per heavy atom. The molecule has 0 aliphatic rings. The van der Waals surface area contributed by atoms with Gasteiger partial charge >= 0.3 is 0 Å². The van der Waals surface area contributed by atoms with Crippen molar-refractivity contribution >= 4 is 0 Å². The van der Waals surface area contributed by atoms with Gasteiger partial charge in [0.25, 0.3) is 0 Å². The van der Waals surface area contributed by atoms with E-state index in [4.69, 9.17) is 14.2 Å². The number of hydrogen-bond acceptors (Lipinski definition) is 3. The van der Waals surface area contributed by atoms with Crippen LogP contribution in [-0.2, 0) is 19.3 Å². The molecule has 0 aliphatic heterocycles. The Labute approximate surface area is 79.8 Å². The van der Waals surface area contributed by atoms with Crippen LogP contribution in [0.4, 0.5) is 0 Å². The predicted molar refractivity (Wildman–Crippen MR) is 48.3 cm³/mol. The number of rotatable bonds is 10. The first-order valence-corrected chi connectivity index (χ1v) is 4.64. The highest BCUT2D eigenvalue weighted by atomic mass is 16.5. The maximum Gasteiger partial charge on any atom is 0.0823 e. The van der Waals surface area contributed by atoms with Crippen LogP contribution in [-0.4, -0.2) is 46.8 Å². The van der Waals surface area contributed by atoms with Gasteiger partial charge in [0.15, 0.2) is 0 Å². The molecule has 0 aliphatic carbocycles. The van der Waals surface area contributed by atoms with Crippen LogP contribution in [0.25, 0.3) is 0 Å². The van der Waals surface area contributed by atoms with Crippen LogP contribution in [0.15, 0.2) is 0 Å². The van der Waals surface area contributed by atoms with E-state index in [1.165, 1.54) is 0 Å². The zero-order valence-corrected chi connectivity index (χ0v) is 8.29. The van der Waals surface area contributed by atoms with Crippen LogP contribution < -0.4 is 0 Å². The number of ether oxygens (including phenoxy) is 3. The Bertz CT molecular complexity index is 77.7. The monoisotopic (exact) mass is 191 g/mol. The van der Waals surface area contributed by atoms with Crippen LogP contribution >= 0.6 is 0 Å². The first-order valence-electron chi connectivity index (χ1n) is 4.64. The molecule has 0 bridgehead atoms. The molecule has 79 valence electrons. The summed E-state index contributed by atoms with van der Waals surface area (Å²) in [7, 11) is 1.64. The molecule has 0 heterocycles. The second-order valence-electron chi connectivity index (χ2n) is 2.63. The smallest absolute Gasteiger partial charge is 0.0823 e. The molecule has 0 amide bonds. The summed E-state index contributed by atoms with van der Waals surface area (Å²) in [6, 6.07) is 0. The molecular formula is C9H19O4. The second kappa shape index (κ2) is 11.8. The summed E-state index contributed by atoms with van der Waals surface area (Å²) in [6.45, 7) is 3.09. The van der Waals surface area contributed by atoms with Gasteiger partial charge in [0, 0.05) is 13.7 Å². The van der Waals surface area contributed by atoms with Gasteiger partial charge in [0.1, 0.15) is 0 Å². The molecule has 0 spiro atoms. The van der Waals surface area contributed by atoms with Crippen LogP contribution in [0, 0.1) is 0 Å². The lowest BCUT2D eigenvalue weighted by atomic mass is 10.3. The van der Waals surface area contributed by atoms with E-state index < -0.39 is 0 Å². The van der Waals surface area contributed by atoms with Crippen molar-refractivity contribution in [1.82, 2.24) is 0 Å². The van der Waals surface area contributed by atoms with Crippen molar-refractivity contribution < 1.29 is 19.3 Å². The highest BCUT2D eigenvalue weighted by Gasteiger charge is 1.90. The van der Waals surface area contributed by atoms with Crippen LogP contribution in [0.5, 0.6) is 0 Å². The SMILES string of the molecule is COCCOCCOCCCC[O]. The summed E-state index contributed by atoms with van der Waals surface area (Å²) in [5, 5.41) is 10.0. The molecular weight excluding hydrogens is 172 g/mol. The van der Waals surface area contributed by atoms with Crippen molar-refractivity contribution in [1.29, 1.82) is 0 Å². The van der Waals surface area contributed by atoms with Gasteiger partial charge < -0.3 is 14.2 Å². The molecule has 0 saturated carbocycles. The molecule has 4 heteroatoms. The molecule has 0 aromatic heterocycles. The largest absolute Gasteiger partial charge is 0.382 e. The Balaban J connectivity index is 2.76. The van der Waals surface area contributed by atoms with Crippen molar-refractivity contribution in [2.75, 3.05) is 46.8 Å². The zero-order chi connectivity index (χ0) is 9.78. The molecule has 0 rings (SSSR count). The highest BCUT2D eigenvalue weighted by Crippen LogP contribution is 1.88. The predicted octanol–water partition coefficient (Wildman–Crippen LogP) is 0.877. The van der Waals surface area contributed by atoms with E-state index in [-0.39, 0.29) is 6.61 Å². The first-order chi connectivity index (χ1) is 6.41. The van der Waals surface area contributed by atoms with Gasteiger partial charge in [0.05, 0.1) is 33.0 Å². The number of methoxy groups -OCH3 is 1. The van der Waals surface area contributed by atoms with Gasteiger partial charge in [-0.1, -0.05) is 0 Å². The maximum atomic E-state index is 10.0. The van der Waals surface area contributed by atoms with Crippen molar-refractivity contribution in [3.63, 3.8) is 0 Å². The number of hydrogen-bond donors (Lipinski definition) is 0. The molecule has 0 unspecified atom stereocenters. The minimum absolute atomic E-state index is 0.00625. The van der Waals surface area contributed by atoms with Gasteiger partial charge in [-0.2, -0.15) is 0 Å². The molecule has 0 aromatic carbocycles. The average Bonchev–Trinajstić information content (AvgIpc) is 2.16. The molecule has 0 saturated heterocycles. The maximum absolute atomic E-state index is 10.0. The van der Waals surface area contributed by atoms with Gasteiger partial charge in [-0.05, 0) is 12.8 Å². The fourth-order valence-electron chi connectivity index (χ4n) is 0.770. The van der Waals surface area contributed by atoms with Crippen molar-refractivity contribution in [3.05, 3.63) is 0 Å². The molecule has 4 nitrogen and oxygen atoms in total. The minimum Gasteiger partial charge on any atom is -0.382 e. The van der Waals surface area contributed by atoms with E-state index in [1.54, 1.807) is 7.11 Å². The van der Waals surface area contributed by atoms with E-state index >= 15 is 0 Å². The lowest BCUT2D eigenvalue weighted by Gasteiger charge is -2.04. The fraction of sp³-hybridized carbons (Fsp3) is 1.00. The van der Waals surface area contributed by atoms with Crippen LogP contribution in [0.1, 0.15) is 12.8 Å². The lowest BCUT2D eigenvalue weighted by molar-refractivity contribution is 0.0228. The van der Waals surface area contributed by atoms with Crippen LogP contribution in [0.3, 0.4) is 0 Å². The van der Waals surface area contributed by atoms with Gasteiger partial charge in [-0.25, -0.2) is 5.11 Å². The summed E-state index contributed by atoms with van der Waals surface area (Å²) >= 11 is 0. The van der Waals surface area contributed by atoms with E-state index in [9.17, 15) is 5.11 Å². The Hall–Kier alpha value is -0.160. The Morgan fingerprint density at radius 3 is 2.08 bits per heavy atom. The van der Waals surface area contributed by atoms with E-state index in [2.05, 4.69) is 0 Å². The number of unbranched alkanes of at least 4 members (excludes halogenated alkanes) is 1. The molecule has 0 aromatic rings. The van der Waals surface area contributed by atoms with Gasteiger partial charge in [0.2, 0.25) is 0 Å². The topological polar surface area (TPSA) is 47.6 Å². The second-order valence-corrected chi connectivity index (χ2v) is 2.63. The quantitative estimate of drug-likeness (QED) is 0.481. The van der Waals surface area contributed by atoms with E-state index in [0.717, 1.165) is 6.42 Å². The van der Waals surface area contributed by atoms with Gasteiger partial charge in [-0.3, -0.25) is 0 Å². The normalized spacial score (nSPS) is 10.6. The van der Waals surface area contributed by atoms with Crippen molar-refractivity contribution in [2.45, 2.75) is 12.8 Å².